The molecule has 0 radical (unpaired) electrons. The van der Waals surface area contributed by atoms with Gasteiger partial charge in [-0.25, -0.2) is 19.7 Å². The summed E-state index contributed by atoms with van der Waals surface area (Å²) in [5.74, 6) is 2.40. The Morgan fingerprint density at radius 1 is 1.18 bits per heavy atom. The van der Waals surface area contributed by atoms with Gasteiger partial charge >= 0.3 is 5.97 Å². The van der Waals surface area contributed by atoms with E-state index in [4.69, 9.17) is 14.7 Å². The van der Waals surface area contributed by atoms with E-state index in [-0.39, 0.29) is 11.9 Å². The predicted octanol–water partition coefficient (Wildman–Crippen LogP) is 4.43. The largest absolute Gasteiger partial charge is 0.465 e. The summed E-state index contributed by atoms with van der Waals surface area (Å²) in [6.45, 7) is 14.9. The van der Waals surface area contributed by atoms with Crippen LogP contribution in [0, 0.1) is 25.7 Å². The number of amides is 1. The fourth-order valence-corrected chi connectivity index (χ4v) is 5.14. The van der Waals surface area contributed by atoms with Crippen LogP contribution in [0.15, 0.2) is 12.3 Å². The third-order valence-electron chi connectivity index (χ3n) is 7.50. The monoisotopic (exact) mass is 522 g/mol. The van der Waals surface area contributed by atoms with Gasteiger partial charge in [-0.3, -0.25) is 4.79 Å². The van der Waals surface area contributed by atoms with Gasteiger partial charge < -0.3 is 19.9 Å². The lowest BCUT2D eigenvalue weighted by Gasteiger charge is -2.47. The Balaban J connectivity index is 1.50. The number of aryl methyl sites for hydroxylation is 2. The van der Waals surface area contributed by atoms with Crippen LogP contribution in [0.5, 0.6) is 0 Å². The van der Waals surface area contributed by atoms with Crippen molar-refractivity contribution >= 4 is 23.5 Å². The van der Waals surface area contributed by atoms with Crippen molar-refractivity contribution in [2.45, 2.75) is 72.8 Å². The van der Waals surface area contributed by atoms with Crippen molar-refractivity contribution in [3.63, 3.8) is 0 Å². The van der Waals surface area contributed by atoms with Gasteiger partial charge in [0.25, 0.3) is 5.91 Å². The molecule has 2 aromatic rings. The van der Waals surface area contributed by atoms with Crippen molar-refractivity contribution in [1.29, 1.82) is 0 Å². The SMILES string of the molecule is COC(=O)c1c(C)cc(N2CCN(C(=O)c3cnc(NCCC(C)C)c(CC4CC4)n3)C(C)(C)C2)nc1C. The first-order chi connectivity index (χ1) is 18.0. The molecular weight excluding hydrogens is 480 g/mol. The zero-order valence-corrected chi connectivity index (χ0v) is 23.9. The molecule has 2 aromatic heterocycles. The lowest BCUT2D eigenvalue weighted by Crippen LogP contribution is -2.61. The van der Waals surface area contributed by atoms with Crippen molar-refractivity contribution in [3.05, 3.63) is 40.5 Å². The molecule has 9 heteroatoms. The van der Waals surface area contributed by atoms with Gasteiger partial charge in [0.15, 0.2) is 0 Å². The van der Waals surface area contributed by atoms with Crippen LogP contribution in [-0.2, 0) is 11.2 Å². The van der Waals surface area contributed by atoms with Crippen LogP contribution in [0.25, 0.3) is 0 Å². The third kappa shape index (κ3) is 6.25. The molecule has 0 spiro atoms. The van der Waals surface area contributed by atoms with Crippen molar-refractivity contribution in [2.75, 3.05) is 43.5 Å². The van der Waals surface area contributed by atoms with Crippen LogP contribution in [0.2, 0.25) is 0 Å². The molecule has 1 saturated carbocycles. The summed E-state index contributed by atoms with van der Waals surface area (Å²) in [6.07, 6.45) is 5.98. The van der Waals surface area contributed by atoms with Crippen LogP contribution < -0.4 is 10.2 Å². The number of rotatable bonds is 9. The fourth-order valence-electron chi connectivity index (χ4n) is 5.14. The normalized spacial score (nSPS) is 17.1. The van der Waals surface area contributed by atoms with Gasteiger partial charge in [-0.15, -0.1) is 0 Å². The van der Waals surface area contributed by atoms with Crippen molar-refractivity contribution in [2.24, 2.45) is 11.8 Å². The quantitative estimate of drug-likeness (QED) is 0.483. The molecule has 0 unspecified atom stereocenters. The van der Waals surface area contributed by atoms with Gasteiger partial charge in [-0.1, -0.05) is 13.8 Å². The second-order valence-corrected chi connectivity index (χ2v) is 11.7. The Morgan fingerprint density at radius 2 is 1.92 bits per heavy atom. The highest BCUT2D eigenvalue weighted by atomic mass is 16.5. The van der Waals surface area contributed by atoms with Crippen molar-refractivity contribution in [3.8, 4) is 0 Å². The number of carbonyl (C=O) groups excluding carboxylic acids is 2. The number of aromatic nitrogens is 3. The Labute approximate surface area is 226 Å². The van der Waals surface area contributed by atoms with Gasteiger partial charge in [0.2, 0.25) is 0 Å². The molecule has 0 aromatic carbocycles. The van der Waals surface area contributed by atoms with Gasteiger partial charge in [-0.2, -0.15) is 0 Å². The van der Waals surface area contributed by atoms with E-state index in [1.165, 1.54) is 20.0 Å². The number of esters is 1. The summed E-state index contributed by atoms with van der Waals surface area (Å²) in [6, 6.07) is 1.92. The topological polar surface area (TPSA) is 101 Å². The Morgan fingerprint density at radius 3 is 2.53 bits per heavy atom. The number of methoxy groups -OCH3 is 1. The molecule has 3 heterocycles. The highest BCUT2D eigenvalue weighted by Crippen LogP contribution is 2.34. The number of anilines is 2. The lowest BCUT2D eigenvalue weighted by atomic mass is 9.97. The first-order valence-corrected chi connectivity index (χ1v) is 13.7. The van der Waals surface area contributed by atoms with E-state index in [2.05, 4.69) is 42.9 Å². The van der Waals surface area contributed by atoms with E-state index in [1.54, 1.807) is 6.20 Å². The number of hydrogen-bond donors (Lipinski definition) is 1. The van der Waals surface area contributed by atoms with Crippen molar-refractivity contribution < 1.29 is 14.3 Å². The Kier molecular flexibility index (Phi) is 8.23. The molecule has 4 rings (SSSR count). The number of nitrogens with zero attached hydrogens (tertiary/aromatic N) is 5. The summed E-state index contributed by atoms with van der Waals surface area (Å²) < 4.78 is 4.92. The fraction of sp³-hybridized carbons (Fsp3) is 0.621. The van der Waals surface area contributed by atoms with E-state index in [0.717, 1.165) is 42.3 Å². The Hall–Kier alpha value is -3.23. The van der Waals surface area contributed by atoms with Crippen molar-refractivity contribution in [1.82, 2.24) is 19.9 Å². The van der Waals surface area contributed by atoms with Crippen LogP contribution in [0.1, 0.15) is 84.8 Å². The average molecular weight is 523 g/mol. The number of nitrogens with one attached hydrogen (secondary N) is 1. The Bertz CT molecular complexity index is 1170. The molecule has 38 heavy (non-hydrogen) atoms. The minimum atomic E-state index is -0.452. The van der Waals surface area contributed by atoms with Crippen LogP contribution in [0.4, 0.5) is 11.6 Å². The molecule has 1 N–H and O–H groups in total. The van der Waals surface area contributed by atoms with E-state index in [1.807, 2.05) is 24.8 Å². The molecule has 1 amide bonds. The summed E-state index contributed by atoms with van der Waals surface area (Å²) >= 11 is 0. The standard InChI is InChI=1S/C29H42N6O3/c1-18(2)10-11-30-26-22(15-21-8-9-21)33-23(16-31-26)27(36)35-13-12-34(17-29(35,5)6)24-14-19(3)25(20(4)32-24)28(37)38-7/h14,16,18,21H,8-13,15,17H2,1-7H3,(H,30,31). The molecule has 1 aliphatic carbocycles. The van der Waals surface area contributed by atoms with Gasteiger partial charge in [0, 0.05) is 26.2 Å². The second-order valence-electron chi connectivity index (χ2n) is 11.7. The van der Waals surface area contributed by atoms with Gasteiger partial charge in [-0.05, 0) is 76.8 Å². The maximum absolute atomic E-state index is 13.7. The van der Waals surface area contributed by atoms with Crippen LogP contribution in [-0.4, -0.2) is 70.6 Å². The number of carbonyl (C=O) groups is 2. The van der Waals surface area contributed by atoms with E-state index >= 15 is 0 Å². The van der Waals surface area contributed by atoms with E-state index in [9.17, 15) is 9.59 Å². The first-order valence-electron chi connectivity index (χ1n) is 13.7. The first kappa shape index (κ1) is 27.8. The third-order valence-corrected chi connectivity index (χ3v) is 7.50. The summed E-state index contributed by atoms with van der Waals surface area (Å²) in [4.78, 5) is 44.1. The maximum atomic E-state index is 13.7. The van der Waals surface area contributed by atoms with Gasteiger partial charge in [0.05, 0.1) is 35.8 Å². The summed E-state index contributed by atoms with van der Waals surface area (Å²) in [7, 11) is 1.38. The summed E-state index contributed by atoms with van der Waals surface area (Å²) in [5.41, 5.74) is 2.84. The predicted molar refractivity (Wildman–Crippen MR) is 149 cm³/mol. The second kappa shape index (κ2) is 11.3. The molecular formula is C29H42N6O3. The number of hydrogen-bond acceptors (Lipinski definition) is 8. The molecule has 1 saturated heterocycles. The highest BCUT2D eigenvalue weighted by Gasteiger charge is 2.39. The molecule has 9 nitrogen and oxygen atoms in total. The molecule has 1 aliphatic heterocycles. The number of ether oxygens (including phenoxy) is 1. The number of piperazine rings is 1. The number of pyridine rings is 1. The molecule has 0 atom stereocenters. The zero-order chi connectivity index (χ0) is 27.6. The van der Waals surface area contributed by atoms with E-state index in [0.29, 0.717) is 48.4 Å². The molecule has 0 bridgehead atoms. The van der Waals surface area contributed by atoms with Gasteiger partial charge in [0.1, 0.15) is 17.3 Å². The average Bonchev–Trinajstić information content (AvgIpc) is 3.67. The lowest BCUT2D eigenvalue weighted by molar-refractivity contribution is 0.0505. The van der Waals surface area contributed by atoms with Crippen LogP contribution >= 0.6 is 0 Å². The van der Waals surface area contributed by atoms with E-state index < -0.39 is 5.54 Å². The zero-order valence-electron chi connectivity index (χ0n) is 23.9. The highest BCUT2D eigenvalue weighted by molar-refractivity contribution is 5.93. The van der Waals surface area contributed by atoms with Crippen LogP contribution in [0.3, 0.4) is 0 Å². The molecule has 206 valence electrons. The minimum absolute atomic E-state index is 0.0886. The summed E-state index contributed by atoms with van der Waals surface area (Å²) in [5, 5.41) is 3.45. The smallest absolute Gasteiger partial charge is 0.339 e. The molecule has 2 fully saturated rings. The maximum Gasteiger partial charge on any atom is 0.339 e. The minimum Gasteiger partial charge on any atom is -0.465 e. The molecule has 2 aliphatic rings.